The number of carbonyl (C=O) groups is 2. The van der Waals surface area contributed by atoms with Gasteiger partial charge in [-0.3, -0.25) is 9.59 Å². The molecular weight excluding hydrogens is 348 g/mol. The first-order valence-electron chi connectivity index (χ1n) is 8.67. The van der Waals surface area contributed by atoms with E-state index in [-0.39, 0.29) is 17.9 Å². The van der Waals surface area contributed by atoms with E-state index < -0.39 is 0 Å². The Morgan fingerprint density at radius 2 is 2.00 bits per heavy atom. The average Bonchev–Trinajstić information content (AvgIpc) is 3.06. The number of nitrogens with one attached hydrogen (secondary N) is 1. The van der Waals surface area contributed by atoms with Crippen LogP contribution >= 0.6 is 11.6 Å². The topological polar surface area (TPSA) is 49.4 Å². The molecule has 5 heteroatoms. The van der Waals surface area contributed by atoms with Crippen molar-refractivity contribution in [3.8, 4) is 0 Å². The summed E-state index contributed by atoms with van der Waals surface area (Å²) >= 11 is 5.98. The fourth-order valence-electron chi connectivity index (χ4n) is 2.98. The molecule has 1 fully saturated rings. The lowest BCUT2D eigenvalue weighted by molar-refractivity contribution is -0.117. The van der Waals surface area contributed by atoms with Crippen LogP contribution in [-0.2, 0) is 9.59 Å². The van der Waals surface area contributed by atoms with Crippen LogP contribution in [0.3, 0.4) is 0 Å². The van der Waals surface area contributed by atoms with Gasteiger partial charge in [0.2, 0.25) is 11.8 Å². The van der Waals surface area contributed by atoms with Crippen molar-refractivity contribution in [1.82, 2.24) is 5.32 Å². The normalized spacial score (nSPS) is 15.5. The predicted octanol–water partition coefficient (Wildman–Crippen LogP) is 4.36. The fraction of sp³-hybridized carbons (Fsp3) is 0.238. The SMILES string of the molecule is CC(NC(=O)/C=C/c1ccc(N2CCCC2=O)cc1)c1cccc(Cl)c1. The van der Waals surface area contributed by atoms with E-state index >= 15 is 0 Å². The van der Waals surface area contributed by atoms with Gasteiger partial charge in [-0.25, -0.2) is 0 Å². The highest BCUT2D eigenvalue weighted by Crippen LogP contribution is 2.22. The molecule has 0 saturated carbocycles. The molecule has 2 aromatic carbocycles. The summed E-state index contributed by atoms with van der Waals surface area (Å²) in [5, 5.41) is 3.57. The Balaban J connectivity index is 1.58. The summed E-state index contributed by atoms with van der Waals surface area (Å²) in [6, 6.07) is 14.9. The van der Waals surface area contributed by atoms with E-state index in [4.69, 9.17) is 11.6 Å². The molecule has 1 heterocycles. The second kappa shape index (κ2) is 8.19. The van der Waals surface area contributed by atoms with Crippen LogP contribution < -0.4 is 10.2 Å². The molecule has 134 valence electrons. The first-order chi connectivity index (χ1) is 12.5. The van der Waals surface area contributed by atoms with Crippen molar-refractivity contribution in [3.63, 3.8) is 0 Å². The van der Waals surface area contributed by atoms with Gasteiger partial charge in [0, 0.05) is 29.8 Å². The maximum Gasteiger partial charge on any atom is 0.244 e. The number of anilines is 1. The van der Waals surface area contributed by atoms with Gasteiger partial charge in [-0.1, -0.05) is 35.9 Å². The summed E-state index contributed by atoms with van der Waals surface area (Å²) in [5.41, 5.74) is 2.77. The Bertz CT molecular complexity index is 830. The summed E-state index contributed by atoms with van der Waals surface area (Å²) in [4.78, 5) is 25.7. The van der Waals surface area contributed by atoms with Crippen LogP contribution in [0.5, 0.6) is 0 Å². The Morgan fingerprint density at radius 1 is 1.23 bits per heavy atom. The van der Waals surface area contributed by atoms with E-state index in [0.717, 1.165) is 29.8 Å². The maximum atomic E-state index is 12.1. The van der Waals surface area contributed by atoms with Crippen molar-refractivity contribution >= 4 is 35.2 Å². The van der Waals surface area contributed by atoms with Crippen molar-refractivity contribution in [3.05, 3.63) is 70.8 Å². The molecule has 0 radical (unpaired) electrons. The third-order valence-electron chi connectivity index (χ3n) is 4.41. The number of nitrogens with zero attached hydrogens (tertiary/aromatic N) is 1. The molecule has 1 saturated heterocycles. The molecule has 1 aliphatic heterocycles. The number of hydrogen-bond acceptors (Lipinski definition) is 2. The summed E-state index contributed by atoms with van der Waals surface area (Å²) in [5.74, 6) is -0.000976. The average molecular weight is 369 g/mol. The van der Waals surface area contributed by atoms with Crippen LogP contribution in [0.4, 0.5) is 5.69 Å². The van der Waals surface area contributed by atoms with Gasteiger partial charge < -0.3 is 10.2 Å². The van der Waals surface area contributed by atoms with E-state index in [9.17, 15) is 9.59 Å². The number of carbonyl (C=O) groups excluding carboxylic acids is 2. The smallest absolute Gasteiger partial charge is 0.244 e. The van der Waals surface area contributed by atoms with Crippen LogP contribution in [0.15, 0.2) is 54.6 Å². The lowest BCUT2D eigenvalue weighted by Gasteiger charge is -2.15. The Labute approximate surface area is 158 Å². The van der Waals surface area contributed by atoms with Crippen LogP contribution in [0, 0.1) is 0 Å². The minimum atomic E-state index is -0.170. The fourth-order valence-corrected chi connectivity index (χ4v) is 3.18. The number of benzene rings is 2. The minimum absolute atomic E-state index is 0.130. The van der Waals surface area contributed by atoms with Crippen LogP contribution in [0.2, 0.25) is 5.02 Å². The number of hydrogen-bond donors (Lipinski definition) is 1. The van der Waals surface area contributed by atoms with Crippen molar-refractivity contribution in [1.29, 1.82) is 0 Å². The van der Waals surface area contributed by atoms with Crippen molar-refractivity contribution in [2.24, 2.45) is 0 Å². The van der Waals surface area contributed by atoms with Crippen molar-refractivity contribution in [2.45, 2.75) is 25.8 Å². The van der Waals surface area contributed by atoms with Crippen LogP contribution in [-0.4, -0.2) is 18.4 Å². The second-order valence-electron chi connectivity index (χ2n) is 6.36. The summed E-state index contributed by atoms with van der Waals surface area (Å²) < 4.78 is 0. The molecule has 26 heavy (non-hydrogen) atoms. The van der Waals surface area contributed by atoms with Crippen LogP contribution in [0.25, 0.3) is 6.08 Å². The summed E-state index contributed by atoms with van der Waals surface area (Å²) in [6.07, 6.45) is 4.80. The van der Waals surface area contributed by atoms with Gasteiger partial charge in [0.05, 0.1) is 6.04 Å². The Morgan fingerprint density at radius 3 is 2.65 bits per heavy atom. The van der Waals surface area contributed by atoms with Gasteiger partial charge >= 0.3 is 0 Å². The van der Waals surface area contributed by atoms with Gasteiger partial charge in [-0.05, 0) is 54.8 Å². The molecule has 1 unspecified atom stereocenters. The Hall–Kier alpha value is -2.59. The standard InChI is InChI=1S/C21H21ClN2O2/c1-15(17-4-2-5-18(22)14-17)23-20(25)12-9-16-7-10-19(11-8-16)24-13-3-6-21(24)26/h2,4-5,7-12,14-15H,3,6,13H2,1H3,(H,23,25)/b12-9+. The van der Waals surface area contributed by atoms with E-state index in [1.807, 2.05) is 49.4 Å². The van der Waals surface area contributed by atoms with Crippen molar-refractivity contribution < 1.29 is 9.59 Å². The molecular formula is C21H21ClN2O2. The van der Waals surface area contributed by atoms with Gasteiger partial charge in [-0.15, -0.1) is 0 Å². The van der Waals surface area contributed by atoms with Crippen LogP contribution in [0.1, 0.15) is 36.9 Å². The molecule has 0 bridgehead atoms. The molecule has 1 N–H and O–H groups in total. The minimum Gasteiger partial charge on any atom is -0.346 e. The third-order valence-corrected chi connectivity index (χ3v) is 4.65. The molecule has 0 aromatic heterocycles. The third kappa shape index (κ3) is 4.52. The lowest BCUT2D eigenvalue weighted by Crippen LogP contribution is -2.24. The predicted molar refractivity (Wildman–Crippen MR) is 105 cm³/mol. The van der Waals surface area contributed by atoms with E-state index in [2.05, 4.69) is 5.32 Å². The highest BCUT2D eigenvalue weighted by molar-refractivity contribution is 6.30. The van der Waals surface area contributed by atoms with Gasteiger partial charge in [0.1, 0.15) is 0 Å². The van der Waals surface area contributed by atoms with E-state index in [1.165, 1.54) is 6.08 Å². The highest BCUT2D eigenvalue weighted by atomic mass is 35.5. The van der Waals surface area contributed by atoms with Crippen molar-refractivity contribution in [2.75, 3.05) is 11.4 Å². The molecule has 1 aliphatic rings. The molecule has 0 spiro atoms. The molecule has 1 atom stereocenters. The second-order valence-corrected chi connectivity index (χ2v) is 6.80. The van der Waals surface area contributed by atoms with Gasteiger partial charge in [0.15, 0.2) is 0 Å². The molecule has 4 nitrogen and oxygen atoms in total. The summed E-state index contributed by atoms with van der Waals surface area (Å²) in [6.45, 7) is 2.69. The highest BCUT2D eigenvalue weighted by Gasteiger charge is 2.21. The van der Waals surface area contributed by atoms with E-state index in [1.54, 1.807) is 17.0 Å². The Kier molecular flexibility index (Phi) is 5.74. The summed E-state index contributed by atoms with van der Waals surface area (Å²) in [7, 11) is 0. The largest absolute Gasteiger partial charge is 0.346 e. The zero-order chi connectivity index (χ0) is 18.5. The number of amides is 2. The first kappa shape index (κ1) is 18.2. The molecule has 3 rings (SSSR count). The quantitative estimate of drug-likeness (QED) is 0.797. The molecule has 2 amide bonds. The van der Waals surface area contributed by atoms with Gasteiger partial charge in [0.25, 0.3) is 0 Å². The van der Waals surface area contributed by atoms with E-state index in [0.29, 0.717) is 11.4 Å². The number of halogens is 1. The van der Waals surface area contributed by atoms with Gasteiger partial charge in [-0.2, -0.15) is 0 Å². The zero-order valence-corrected chi connectivity index (χ0v) is 15.4. The molecule has 2 aromatic rings. The maximum absolute atomic E-state index is 12.1. The number of rotatable bonds is 5. The first-order valence-corrected chi connectivity index (χ1v) is 9.05. The molecule has 0 aliphatic carbocycles. The zero-order valence-electron chi connectivity index (χ0n) is 14.6. The monoisotopic (exact) mass is 368 g/mol. The lowest BCUT2D eigenvalue weighted by atomic mass is 10.1.